The highest BCUT2D eigenvalue weighted by atomic mass is 32.2. The normalized spacial score (nSPS) is 14.6. The van der Waals surface area contributed by atoms with E-state index >= 15 is 0 Å². The van der Waals surface area contributed by atoms with Gasteiger partial charge in [0.15, 0.2) is 5.82 Å². The van der Waals surface area contributed by atoms with Crippen LogP contribution in [0.4, 0.5) is 0 Å². The van der Waals surface area contributed by atoms with Crippen LogP contribution in [-0.4, -0.2) is 14.9 Å². The summed E-state index contributed by atoms with van der Waals surface area (Å²) in [6.07, 6.45) is 0. The molecule has 0 saturated heterocycles. The monoisotopic (exact) mass is 321 g/mol. The number of thioether (sulfide) groups is 1. The summed E-state index contributed by atoms with van der Waals surface area (Å²) in [6, 6.07) is 19.7. The molecule has 0 bridgehead atoms. The van der Waals surface area contributed by atoms with E-state index < -0.39 is 0 Å². The van der Waals surface area contributed by atoms with Crippen LogP contribution in [0.3, 0.4) is 0 Å². The minimum Gasteiger partial charge on any atom is -0.318 e. The van der Waals surface area contributed by atoms with Crippen molar-refractivity contribution in [2.75, 3.05) is 5.43 Å². The molecule has 3 aromatic rings. The molecule has 0 spiro atoms. The predicted octanol–water partition coefficient (Wildman–Crippen LogP) is 2.97. The van der Waals surface area contributed by atoms with Crippen molar-refractivity contribution in [2.24, 2.45) is 5.73 Å². The largest absolute Gasteiger partial charge is 0.318 e. The maximum Gasteiger partial charge on any atom is 0.214 e. The van der Waals surface area contributed by atoms with Gasteiger partial charge in [-0.2, -0.15) is 0 Å². The Hall–Kier alpha value is -2.57. The predicted molar refractivity (Wildman–Crippen MR) is 92.1 cm³/mol. The number of aromatic nitrogens is 3. The zero-order chi connectivity index (χ0) is 15.6. The van der Waals surface area contributed by atoms with Crippen LogP contribution in [0, 0.1) is 0 Å². The van der Waals surface area contributed by atoms with Crippen LogP contribution in [-0.2, 0) is 0 Å². The number of hydrogen-bond acceptors (Lipinski definition) is 5. The first-order valence-corrected chi connectivity index (χ1v) is 8.16. The molecule has 0 radical (unpaired) electrons. The van der Waals surface area contributed by atoms with Gasteiger partial charge in [0.1, 0.15) is 0 Å². The second-order valence-corrected chi connectivity index (χ2v) is 6.03. The van der Waals surface area contributed by atoms with Crippen molar-refractivity contribution in [2.45, 2.75) is 11.2 Å². The van der Waals surface area contributed by atoms with Crippen LogP contribution >= 0.6 is 11.8 Å². The van der Waals surface area contributed by atoms with Crippen LogP contribution in [0.2, 0.25) is 0 Å². The van der Waals surface area contributed by atoms with Gasteiger partial charge in [-0.1, -0.05) is 72.4 Å². The number of hydrogen-bond donors (Lipinski definition) is 2. The topological polar surface area (TPSA) is 68.8 Å². The first-order chi connectivity index (χ1) is 11.3. The van der Waals surface area contributed by atoms with Crippen molar-refractivity contribution in [3.8, 4) is 0 Å². The fourth-order valence-electron chi connectivity index (χ4n) is 2.48. The van der Waals surface area contributed by atoms with E-state index in [1.807, 2.05) is 58.6 Å². The fourth-order valence-corrected chi connectivity index (χ4v) is 3.23. The third kappa shape index (κ3) is 2.62. The number of nitrogens with two attached hydrogens (primary N) is 1. The molecule has 1 aromatic heterocycles. The molecule has 23 heavy (non-hydrogen) atoms. The van der Waals surface area contributed by atoms with Crippen molar-refractivity contribution < 1.29 is 0 Å². The SMILES string of the molecule is N[C@H](c1ccccc1)c1nnc2n1NC(c1ccccc1)=CS2. The Balaban J connectivity index is 1.67. The summed E-state index contributed by atoms with van der Waals surface area (Å²) in [4.78, 5) is 0. The van der Waals surface area contributed by atoms with Crippen LogP contribution in [0.5, 0.6) is 0 Å². The molecule has 3 N–H and O–H groups in total. The Morgan fingerprint density at radius 2 is 1.65 bits per heavy atom. The van der Waals surface area contributed by atoms with Crippen molar-refractivity contribution in [3.05, 3.63) is 83.0 Å². The molecule has 114 valence electrons. The summed E-state index contributed by atoms with van der Waals surface area (Å²) in [6.45, 7) is 0. The van der Waals surface area contributed by atoms with E-state index in [4.69, 9.17) is 5.73 Å². The van der Waals surface area contributed by atoms with Crippen molar-refractivity contribution in [1.82, 2.24) is 14.9 Å². The van der Waals surface area contributed by atoms with Gasteiger partial charge in [0.25, 0.3) is 0 Å². The smallest absolute Gasteiger partial charge is 0.214 e. The highest BCUT2D eigenvalue weighted by molar-refractivity contribution is 8.02. The third-order valence-electron chi connectivity index (χ3n) is 3.69. The van der Waals surface area contributed by atoms with Crippen LogP contribution < -0.4 is 11.2 Å². The molecule has 0 fully saturated rings. The zero-order valence-corrected chi connectivity index (χ0v) is 13.1. The van der Waals surface area contributed by atoms with E-state index in [0.29, 0.717) is 5.82 Å². The zero-order valence-electron chi connectivity index (χ0n) is 12.3. The van der Waals surface area contributed by atoms with E-state index in [0.717, 1.165) is 22.0 Å². The van der Waals surface area contributed by atoms with E-state index in [9.17, 15) is 0 Å². The van der Waals surface area contributed by atoms with Crippen LogP contribution in [0.25, 0.3) is 5.70 Å². The molecule has 0 unspecified atom stereocenters. The Bertz CT molecular complexity index is 842. The van der Waals surface area contributed by atoms with Crippen LogP contribution in [0.1, 0.15) is 23.0 Å². The minimum atomic E-state index is -0.333. The lowest BCUT2D eigenvalue weighted by Crippen LogP contribution is -2.25. The van der Waals surface area contributed by atoms with Gasteiger partial charge in [0.05, 0.1) is 11.7 Å². The summed E-state index contributed by atoms with van der Waals surface area (Å²) in [5.74, 6) is 0.695. The first kappa shape index (κ1) is 14.0. The second kappa shape index (κ2) is 5.91. The van der Waals surface area contributed by atoms with Gasteiger partial charge in [0, 0.05) is 5.41 Å². The number of fused-ring (bicyclic) bond motifs is 1. The lowest BCUT2D eigenvalue weighted by Gasteiger charge is -2.21. The molecule has 0 saturated carbocycles. The van der Waals surface area contributed by atoms with Gasteiger partial charge in [-0.25, -0.2) is 4.68 Å². The van der Waals surface area contributed by atoms with E-state index in [2.05, 4.69) is 27.8 Å². The molecule has 2 heterocycles. The summed E-state index contributed by atoms with van der Waals surface area (Å²) in [5.41, 5.74) is 12.9. The third-order valence-corrected chi connectivity index (χ3v) is 4.52. The molecule has 6 heteroatoms. The van der Waals surface area contributed by atoms with Crippen molar-refractivity contribution in [1.29, 1.82) is 0 Å². The summed E-state index contributed by atoms with van der Waals surface area (Å²) in [7, 11) is 0. The van der Waals surface area contributed by atoms with Crippen molar-refractivity contribution >= 4 is 17.5 Å². The van der Waals surface area contributed by atoms with Crippen LogP contribution in [0.15, 0.2) is 71.2 Å². The van der Waals surface area contributed by atoms with Gasteiger partial charge in [-0.05, 0) is 11.1 Å². The summed E-state index contributed by atoms with van der Waals surface area (Å²) < 4.78 is 1.87. The average molecular weight is 321 g/mol. The van der Waals surface area contributed by atoms with Gasteiger partial charge in [-0.15, -0.1) is 10.2 Å². The Kier molecular flexibility index (Phi) is 3.61. The van der Waals surface area contributed by atoms with Crippen molar-refractivity contribution in [3.63, 3.8) is 0 Å². The highest BCUT2D eigenvalue weighted by Crippen LogP contribution is 2.30. The molecular weight excluding hydrogens is 306 g/mol. The lowest BCUT2D eigenvalue weighted by molar-refractivity contribution is 0.705. The molecule has 2 aromatic carbocycles. The number of nitrogens with zero attached hydrogens (tertiary/aromatic N) is 3. The molecular formula is C17H15N5S. The second-order valence-electron chi connectivity index (χ2n) is 5.19. The lowest BCUT2D eigenvalue weighted by atomic mass is 10.1. The number of rotatable bonds is 3. The molecule has 1 atom stereocenters. The molecule has 1 aliphatic heterocycles. The molecule has 4 rings (SSSR count). The summed E-state index contributed by atoms with van der Waals surface area (Å²) in [5, 5.41) is 11.3. The Morgan fingerprint density at radius 3 is 2.39 bits per heavy atom. The van der Waals surface area contributed by atoms with Gasteiger partial charge in [-0.3, -0.25) is 5.43 Å². The molecule has 1 aliphatic rings. The van der Waals surface area contributed by atoms with Gasteiger partial charge >= 0.3 is 0 Å². The standard InChI is InChI=1S/C17H15N5S/c18-15(13-9-5-2-6-10-13)16-19-20-17-22(16)21-14(11-23-17)12-7-3-1-4-8-12/h1-11,15,21H,18H2/t15-/m1/s1. The fraction of sp³-hybridized carbons (Fsp3) is 0.0588. The van der Waals surface area contributed by atoms with Gasteiger partial charge < -0.3 is 5.73 Å². The summed E-state index contributed by atoms with van der Waals surface area (Å²) >= 11 is 1.53. The molecule has 0 aliphatic carbocycles. The van der Waals surface area contributed by atoms with E-state index in [1.165, 1.54) is 11.8 Å². The Labute approximate surface area is 138 Å². The minimum absolute atomic E-state index is 0.333. The first-order valence-electron chi connectivity index (χ1n) is 7.28. The van der Waals surface area contributed by atoms with Gasteiger partial charge in [0.2, 0.25) is 5.16 Å². The molecule has 0 amide bonds. The average Bonchev–Trinajstić information content (AvgIpc) is 3.05. The van der Waals surface area contributed by atoms with E-state index in [1.54, 1.807) is 0 Å². The molecule has 5 nitrogen and oxygen atoms in total. The maximum atomic E-state index is 6.38. The quantitative estimate of drug-likeness (QED) is 0.776. The van der Waals surface area contributed by atoms with E-state index in [-0.39, 0.29) is 6.04 Å². The highest BCUT2D eigenvalue weighted by Gasteiger charge is 2.23. The maximum absolute atomic E-state index is 6.38. The number of benzene rings is 2. The Morgan fingerprint density at radius 1 is 0.957 bits per heavy atom. The number of nitrogens with one attached hydrogen (secondary N) is 1.